The minimum Gasteiger partial charge on any atom is -0.496 e. The van der Waals surface area contributed by atoms with E-state index in [1.807, 2.05) is 13.0 Å². The minimum atomic E-state index is -0.0584. The number of amides is 1. The van der Waals surface area contributed by atoms with Gasteiger partial charge in [0.05, 0.1) is 19.9 Å². The molecule has 0 aliphatic carbocycles. The van der Waals surface area contributed by atoms with Gasteiger partial charge in [-0.1, -0.05) is 0 Å². The molecule has 0 radical (unpaired) electrons. The summed E-state index contributed by atoms with van der Waals surface area (Å²) in [5.41, 5.74) is 1.55. The first-order chi connectivity index (χ1) is 9.06. The molecular weight excluding hydrogens is 246 g/mol. The largest absolute Gasteiger partial charge is 0.496 e. The molecule has 0 aliphatic rings. The van der Waals surface area contributed by atoms with Crippen molar-refractivity contribution in [3.63, 3.8) is 0 Å². The molecule has 0 unspecified atom stereocenters. The number of benzene rings is 1. The van der Waals surface area contributed by atoms with E-state index in [1.165, 1.54) is 0 Å². The predicted octanol–water partition coefficient (Wildman–Crippen LogP) is 1.75. The number of ether oxygens (including phenoxy) is 2. The van der Waals surface area contributed by atoms with Crippen LogP contribution in [-0.4, -0.2) is 38.9 Å². The molecule has 19 heavy (non-hydrogen) atoms. The van der Waals surface area contributed by atoms with E-state index in [2.05, 4.69) is 0 Å². The van der Waals surface area contributed by atoms with Crippen molar-refractivity contribution in [1.29, 1.82) is 0 Å². The zero-order valence-electron chi connectivity index (χ0n) is 11.9. The number of hydrogen-bond acceptors (Lipinski definition) is 4. The van der Waals surface area contributed by atoms with Gasteiger partial charge in [-0.3, -0.25) is 4.79 Å². The maximum Gasteiger partial charge on any atom is 0.226 e. The SMILES string of the molecule is COc1ccc(N(C)C(=O)CCCO)c(OC)c1C. The summed E-state index contributed by atoms with van der Waals surface area (Å²) in [6, 6.07) is 3.60. The first-order valence-electron chi connectivity index (χ1n) is 6.15. The van der Waals surface area contributed by atoms with E-state index in [0.29, 0.717) is 24.3 Å². The van der Waals surface area contributed by atoms with Crippen molar-refractivity contribution in [2.75, 3.05) is 32.8 Å². The number of aliphatic hydroxyl groups excluding tert-OH is 1. The van der Waals surface area contributed by atoms with E-state index in [0.717, 1.165) is 11.3 Å². The van der Waals surface area contributed by atoms with Gasteiger partial charge in [0.2, 0.25) is 5.91 Å². The van der Waals surface area contributed by atoms with Crippen LogP contribution in [-0.2, 0) is 4.79 Å². The highest BCUT2D eigenvalue weighted by Crippen LogP contribution is 2.36. The molecule has 1 rings (SSSR count). The van der Waals surface area contributed by atoms with Gasteiger partial charge in [0.15, 0.2) is 0 Å². The molecule has 0 fully saturated rings. The van der Waals surface area contributed by atoms with Gasteiger partial charge in [-0.25, -0.2) is 0 Å². The number of anilines is 1. The minimum absolute atomic E-state index is 0.0123. The summed E-state index contributed by atoms with van der Waals surface area (Å²) in [5, 5.41) is 8.77. The van der Waals surface area contributed by atoms with Crippen molar-refractivity contribution < 1.29 is 19.4 Å². The second-order valence-corrected chi connectivity index (χ2v) is 4.23. The Bertz CT molecular complexity index is 445. The Balaban J connectivity index is 3.06. The number of hydrogen-bond donors (Lipinski definition) is 1. The lowest BCUT2D eigenvalue weighted by Crippen LogP contribution is -2.26. The average Bonchev–Trinajstić information content (AvgIpc) is 2.43. The number of rotatable bonds is 6. The van der Waals surface area contributed by atoms with Gasteiger partial charge >= 0.3 is 0 Å². The number of aliphatic hydroxyl groups is 1. The van der Waals surface area contributed by atoms with Crippen molar-refractivity contribution in [2.45, 2.75) is 19.8 Å². The average molecular weight is 267 g/mol. The quantitative estimate of drug-likeness (QED) is 0.853. The third kappa shape index (κ3) is 3.38. The van der Waals surface area contributed by atoms with Crippen molar-refractivity contribution in [2.24, 2.45) is 0 Å². The Kier molecular flexibility index (Phi) is 5.63. The maximum atomic E-state index is 12.0. The molecule has 0 saturated heterocycles. The molecule has 0 bridgehead atoms. The monoisotopic (exact) mass is 267 g/mol. The summed E-state index contributed by atoms with van der Waals surface area (Å²) in [4.78, 5) is 13.5. The van der Waals surface area contributed by atoms with Crippen LogP contribution >= 0.6 is 0 Å². The summed E-state index contributed by atoms with van der Waals surface area (Å²) in [6.45, 7) is 1.89. The lowest BCUT2D eigenvalue weighted by atomic mass is 10.1. The van der Waals surface area contributed by atoms with Gasteiger partial charge in [-0.15, -0.1) is 0 Å². The fraction of sp³-hybridized carbons (Fsp3) is 0.500. The van der Waals surface area contributed by atoms with E-state index < -0.39 is 0 Å². The molecule has 1 amide bonds. The fourth-order valence-corrected chi connectivity index (χ4v) is 1.93. The van der Waals surface area contributed by atoms with Crippen molar-refractivity contribution in [1.82, 2.24) is 0 Å². The number of methoxy groups -OCH3 is 2. The van der Waals surface area contributed by atoms with E-state index >= 15 is 0 Å². The van der Waals surface area contributed by atoms with E-state index in [-0.39, 0.29) is 12.5 Å². The highest BCUT2D eigenvalue weighted by atomic mass is 16.5. The van der Waals surface area contributed by atoms with Gasteiger partial charge in [0, 0.05) is 25.6 Å². The van der Waals surface area contributed by atoms with Gasteiger partial charge in [-0.2, -0.15) is 0 Å². The second-order valence-electron chi connectivity index (χ2n) is 4.23. The Morgan fingerprint density at radius 3 is 2.53 bits per heavy atom. The molecule has 0 atom stereocenters. The first-order valence-corrected chi connectivity index (χ1v) is 6.15. The summed E-state index contributed by atoms with van der Waals surface area (Å²) in [7, 11) is 4.86. The molecule has 1 aromatic carbocycles. The van der Waals surface area contributed by atoms with Crippen LogP contribution in [0.25, 0.3) is 0 Å². The second kappa shape index (κ2) is 6.99. The van der Waals surface area contributed by atoms with Crippen LogP contribution in [0.1, 0.15) is 18.4 Å². The molecule has 1 N–H and O–H groups in total. The Morgan fingerprint density at radius 1 is 1.32 bits per heavy atom. The Hall–Kier alpha value is -1.75. The van der Waals surface area contributed by atoms with E-state index in [9.17, 15) is 4.79 Å². The summed E-state index contributed by atoms with van der Waals surface area (Å²) >= 11 is 0. The van der Waals surface area contributed by atoms with Gasteiger partial charge in [-0.05, 0) is 25.5 Å². The van der Waals surface area contributed by atoms with Crippen LogP contribution in [0.3, 0.4) is 0 Å². The predicted molar refractivity (Wildman–Crippen MR) is 74.0 cm³/mol. The summed E-state index contributed by atoms with van der Waals surface area (Å²) in [6.07, 6.45) is 0.766. The lowest BCUT2D eigenvalue weighted by Gasteiger charge is -2.22. The van der Waals surface area contributed by atoms with Crippen LogP contribution in [0.15, 0.2) is 12.1 Å². The van der Waals surface area contributed by atoms with Crippen molar-refractivity contribution >= 4 is 11.6 Å². The topological polar surface area (TPSA) is 59.0 Å². The van der Waals surface area contributed by atoms with Gasteiger partial charge in [0.1, 0.15) is 11.5 Å². The summed E-state index contributed by atoms with van der Waals surface area (Å²) < 4.78 is 10.6. The number of nitrogens with zero attached hydrogens (tertiary/aromatic N) is 1. The third-order valence-electron chi connectivity index (χ3n) is 3.04. The molecule has 1 aromatic rings. The van der Waals surface area contributed by atoms with Gasteiger partial charge < -0.3 is 19.5 Å². The number of carbonyl (C=O) groups is 1. The lowest BCUT2D eigenvalue weighted by molar-refractivity contribution is -0.118. The molecule has 0 heterocycles. The summed E-state index contributed by atoms with van der Waals surface area (Å²) in [5.74, 6) is 1.29. The smallest absolute Gasteiger partial charge is 0.226 e. The van der Waals surface area contributed by atoms with E-state index in [4.69, 9.17) is 14.6 Å². The highest BCUT2D eigenvalue weighted by molar-refractivity contribution is 5.94. The molecule has 106 valence electrons. The number of carbonyl (C=O) groups excluding carboxylic acids is 1. The van der Waals surface area contributed by atoms with Crippen molar-refractivity contribution in [3.05, 3.63) is 17.7 Å². The zero-order chi connectivity index (χ0) is 14.4. The zero-order valence-corrected chi connectivity index (χ0v) is 11.9. The highest BCUT2D eigenvalue weighted by Gasteiger charge is 2.18. The van der Waals surface area contributed by atoms with Crippen LogP contribution in [0.2, 0.25) is 0 Å². The van der Waals surface area contributed by atoms with Gasteiger partial charge in [0.25, 0.3) is 0 Å². The molecule has 0 saturated carbocycles. The Labute approximate surface area is 113 Å². The molecule has 5 heteroatoms. The van der Waals surface area contributed by atoms with Crippen molar-refractivity contribution in [3.8, 4) is 11.5 Å². The first kappa shape index (κ1) is 15.3. The third-order valence-corrected chi connectivity index (χ3v) is 3.04. The van der Waals surface area contributed by atoms with Crippen LogP contribution in [0.4, 0.5) is 5.69 Å². The van der Waals surface area contributed by atoms with Crippen LogP contribution in [0.5, 0.6) is 11.5 Å². The van der Waals surface area contributed by atoms with Crippen LogP contribution in [0, 0.1) is 6.92 Å². The molecule has 0 spiro atoms. The Morgan fingerprint density at radius 2 is 2.00 bits per heavy atom. The maximum absolute atomic E-state index is 12.0. The molecule has 5 nitrogen and oxygen atoms in total. The molecular formula is C14H21NO4. The molecule has 0 aliphatic heterocycles. The standard InChI is InChI=1S/C14H21NO4/c1-10-12(18-3)8-7-11(14(10)19-4)15(2)13(17)6-5-9-16/h7-8,16H,5-6,9H2,1-4H3. The molecule has 0 aromatic heterocycles. The normalized spacial score (nSPS) is 10.2. The van der Waals surface area contributed by atoms with Crippen LogP contribution < -0.4 is 14.4 Å². The van der Waals surface area contributed by atoms with E-state index in [1.54, 1.807) is 32.2 Å². The fourth-order valence-electron chi connectivity index (χ4n) is 1.93.